The first-order valence-corrected chi connectivity index (χ1v) is 22.5. The summed E-state index contributed by atoms with van der Waals surface area (Å²) in [7, 11) is -11.1. The van der Waals surface area contributed by atoms with Crippen molar-refractivity contribution < 1.29 is 147 Å². The number of aliphatic hydroxyl groups is 7. The Kier molecular flexibility index (Phi) is 21.2. The minimum absolute atomic E-state index is 0.0687. The molecule has 4 aliphatic rings. The van der Waals surface area contributed by atoms with Crippen LogP contribution in [0.15, 0.2) is 5.16 Å². The molecule has 0 aromatic carbocycles. The maximum absolute atomic E-state index is 12.9. The Labute approximate surface area is 388 Å². The minimum Gasteiger partial charge on any atom is -0.479 e. The Balaban J connectivity index is 1.72. The summed E-state index contributed by atoms with van der Waals surface area (Å²) in [6.45, 7) is -1.40. The third-order valence-electron chi connectivity index (χ3n) is 10.1. The number of rotatable bonds is 23. The van der Waals surface area contributed by atoms with Crippen LogP contribution in [0.1, 0.15) is 13.8 Å². The zero-order valence-corrected chi connectivity index (χ0v) is 37.2. The van der Waals surface area contributed by atoms with Crippen LogP contribution in [0.5, 0.6) is 0 Å². The highest BCUT2D eigenvalue weighted by Crippen LogP contribution is 2.36. The smallest absolute Gasteiger partial charge is 0.397 e. The van der Waals surface area contributed by atoms with Gasteiger partial charge in [-0.3, -0.25) is 18.7 Å². The maximum Gasteiger partial charge on any atom is 0.397 e. The monoisotopic (exact) mass is 1050 g/mol. The fraction of sp³-hybridized carbons (Fsp3) is 0.844. The van der Waals surface area contributed by atoms with E-state index in [0.29, 0.717) is 0 Å². The lowest BCUT2D eigenvalue weighted by atomic mass is 9.94. The average Bonchev–Trinajstić information content (AvgIpc) is 3.24. The Morgan fingerprint density at radius 1 is 0.609 bits per heavy atom. The fourth-order valence-corrected chi connectivity index (χ4v) is 8.29. The highest BCUT2D eigenvalue weighted by molar-refractivity contribution is 7.81. The largest absolute Gasteiger partial charge is 0.479 e. The molecule has 0 aliphatic carbocycles. The molecule has 4 fully saturated rings. The Morgan fingerprint density at radius 2 is 1.06 bits per heavy atom. The summed E-state index contributed by atoms with van der Waals surface area (Å²) in [5.74, 6) is -1.08. The Hall–Kier alpha value is -3.59. The first kappa shape index (κ1) is 58.0. The number of nitrogens with one attached hydrogen (secondary N) is 2. The number of ether oxygens (including phenoxy) is 8. The van der Waals surface area contributed by atoms with Gasteiger partial charge in [0, 0.05) is 13.8 Å². The first-order chi connectivity index (χ1) is 32.2. The van der Waals surface area contributed by atoms with Crippen molar-refractivity contribution in [1.82, 2.24) is 10.6 Å². The number of carbonyl (C=O) groups is 4. The number of hydrogen-bond donors (Lipinski definition) is 14. The van der Waals surface area contributed by atoms with Crippen molar-refractivity contribution in [2.75, 3.05) is 33.0 Å². The van der Waals surface area contributed by atoms with Crippen molar-refractivity contribution >= 4 is 50.8 Å². The summed E-state index contributed by atoms with van der Waals surface area (Å²) in [6, 6.07) is -3.96. The van der Waals surface area contributed by atoms with Crippen LogP contribution in [0.4, 0.5) is 0 Å². The van der Waals surface area contributed by atoms with E-state index in [2.05, 4.69) is 24.8 Å². The zero-order valence-electron chi connectivity index (χ0n) is 35.6. The van der Waals surface area contributed by atoms with E-state index in [9.17, 15) is 91.1 Å². The van der Waals surface area contributed by atoms with Crippen molar-refractivity contribution in [2.24, 2.45) is 11.1 Å². The van der Waals surface area contributed by atoms with E-state index < -0.39 is 187 Å². The van der Waals surface area contributed by atoms with E-state index in [1.165, 1.54) is 0 Å². The van der Waals surface area contributed by atoms with E-state index >= 15 is 0 Å². The number of amides is 2. The van der Waals surface area contributed by atoms with Crippen LogP contribution in [0.25, 0.3) is 0 Å². The molecule has 398 valence electrons. The molecule has 0 bridgehead atoms. The standard InChI is InChI=1S/C32H52N4O31S2/c1-9(39)35-13-22(20(66-68(50,51)52)11(7-37)59-29(13)56-4-3-34-58-6-5-57-33)61-32-19(45)17(43)24(26(65-32)28(48)49)63-30-14(36-10(2)40)23(21(12(8-38)60-30)67-69(53,54)55)62-31-18(44)15(41)16(42)25(64-31)27(46)47/h3,11-26,29-32,37-38,41-45H,4-8,33H2,1-2H3,(H,35,39)(H,36,40)(H,46,47)(H,48,49)(H,50,51,52)(H,53,54,55)/b34-3-/t11-,12-,13-,14-,15+,16+,17-,18-,19-,20+,21+,22-,23-,24+,25+,26+,29-,30+,31-,32-/m1/s1. The van der Waals surface area contributed by atoms with Gasteiger partial charge in [0.2, 0.25) is 11.8 Å². The third-order valence-corrected chi connectivity index (χ3v) is 11.0. The summed E-state index contributed by atoms with van der Waals surface area (Å²) in [6.07, 6.45) is -40.6. The van der Waals surface area contributed by atoms with Crippen LogP contribution >= 0.6 is 0 Å². The second-order valence-electron chi connectivity index (χ2n) is 15.0. The lowest BCUT2D eigenvalue weighted by Gasteiger charge is -2.50. The van der Waals surface area contributed by atoms with Crippen molar-refractivity contribution in [1.29, 1.82) is 0 Å². The zero-order chi connectivity index (χ0) is 51.7. The van der Waals surface area contributed by atoms with Crippen LogP contribution < -0.4 is 16.5 Å². The molecule has 0 saturated carbocycles. The van der Waals surface area contributed by atoms with Gasteiger partial charge in [0.25, 0.3) is 0 Å². The molecular formula is C32H52N4O31S2. The number of nitrogens with zero attached hydrogens (tertiary/aromatic N) is 1. The first-order valence-electron chi connectivity index (χ1n) is 19.8. The molecular weight excluding hydrogens is 1000 g/mol. The van der Waals surface area contributed by atoms with Gasteiger partial charge < -0.3 is 104 Å². The van der Waals surface area contributed by atoms with Crippen LogP contribution in [-0.2, 0) is 95.9 Å². The number of nitrogens with two attached hydrogens (primary N) is 1. The predicted molar refractivity (Wildman–Crippen MR) is 207 cm³/mol. The van der Waals surface area contributed by atoms with Gasteiger partial charge in [-0.15, -0.1) is 0 Å². The molecule has 0 aromatic heterocycles. The summed E-state index contributed by atoms with van der Waals surface area (Å²) in [4.78, 5) is 58.9. The van der Waals surface area contributed by atoms with Gasteiger partial charge in [0.1, 0.15) is 98.5 Å². The van der Waals surface area contributed by atoms with E-state index in [4.69, 9.17) is 52.8 Å². The average molecular weight is 1050 g/mol. The highest BCUT2D eigenvalue weighted by atomic mass is 32.3. The van der Waals surface area contributed by atoms with Gasteiger partial charge in [0.05, 0.1) is 26.0 Å². The number of carboxylic acids is 2. The molecule has 37 heteroatoms. The van der Waals surface area contributed by atoms with Gasteiger partial charge in [-0.2, -0.15) is 16.8 Å². The summed E-state index contributed by atoms with van der Waals surface area (Å²) in [5, 5.41) is 103. The molecule has 69 heavy (non-hydrogen) atoms. The van der Waals surface area contributed by atoms with Crippen LogP contribution in [0.3, 0.4) is 0 Å². The van der Waals surface area contributed by atoms with Crippen molar-refractivity contribution in [2.45, 2.75) is 137 Å². The second-order valence-corrected chi connectivity index (χ2v) is 17.1. The quantitative estimate of drug-likeness (QED) is 0.0196. The number of carboxylic acid groups (broad SMARTS) is 2. The predicted octanol–water partition coefficient (Wildman–Crippen LogP) is -9.71. The lowest BCUT2D eigenvalue weighted by Crippen LogP contribution is -2.71. The fourth-order valence-electron chi connectivity index (χ4n) is 7.26. The molecule has 20 atom stereocenters. The highest BCUT2D eigenvalue weighted by Gasteiger charge is 2.59. The number of aliphatic carboxylic acids is 2. The molecule has 35 nitrogen and oxygen atoms in total. The number of carbonyl (C=O) groups excluding carboxylic acids is 2. The minimum atomic E-state index is -5.62. The van der Waals surface area contributed by atoms with E-state index in [-0.39, 0.29) is 13.2 Å². The Bertz CT molecular complexity index is 1990. The van der Waals surface area contributed by atoms with Gasteiger partial charge >= 0.3 is 32.7 Å². The van der Waals surface area contributed by atoms with E-state index in [1.807, 2.05) is 0 Å². The summed E-state index contributed by atoms with van der Waals surface area (Å²) >= 11 is 0. The molecule has 0 spiro atoms. The third kappa shape index (κ3) is 15.5. The number of hydrogen-bond acceptors (Lipinski definition) is 29. The topological polar surface area (TPSA) is 532 Å². The number of aliphatic hydroxyl groups excluding tert-OH is 7. The van der Waals surface area contributed by atoms with Crippen molar-refractivity contribution in [3.05, 3.63) is 0 Å². The molecule has 4 saturated heterocycles. The SMILES string of the molecule is CC(=O)N[C@H]1[C@H](O[C@H]2[C@H](O)[C@@H](O)[C@H](O[C@@H]3[C@@H](NC(C)=O)[C@H](OC/C=N\OCCON)O[C@H](CO)[C@@H]3OS(=O)(=O)O)O[C@@H]2C(=O)O)O[C@H](CO)[C@H](OS(=O)(=O)O)[C@@H]1O[C@@H]1O[C@H](C(=O)O)[C@@H](O)[C@H](O)[C@H]1O. The van der Waals surface area contributed by atoms with Gasteiger partial charge in [0.15, 0.2) is 37.4 Å². The molecule has 4 heterocycles. The van der Waals surface area contributed by atoms with Crippen molar-refractivity contribution in [3.63, 3.8) is 0 Å². The van der Waals surface area contributed by atoms with Gasteiger partial charge in [-0.25, -0.2) is 23.9 Å². The van der Waals surface area contributed by atoms with Crippen LogP contribution in [-0.4, -0.2) is 258 Å². The molecule has 0 radical (unpaired) electrons. The molecule has 4 rings (SSSR count). The molecule has 2 amide bonds. The molecule has 4 aliphatic heterocycles. The summed E-state index contributed by atoms with van der Waals surface area (Å²) < 4.78 is 121. The lowest BCUT2D eigenvalue weighted by molar-refractivity contribution is -0.367. The normalized spacial score (nSPS) is 38.8. The van der Waals surface area contributed by atoms with E-state index in [1.54, 1.807) is 0 Å². The van der Waals surface area contributed by atoms with Crippen molar-refractivity contribution in [3.8, 4) is 0 Å². The second kappa shape index (κ2) is 25.2. The van der Waals surface area contributed by atoms with Crippen LogP contribution in [0, 0.1) is 0 Å². The molecule has 15 N–H and O–H groups in total. The van der Waals surface area contributed by atoms with Crippen LogP contribution in [0.2, 0.25) is 0 Å². The van der Waals surface area contributed by atoms with Gasteiger partial charge in [-0.05, 0) is 0 Å². The Morgan fingerprint density at radius 3 is 1.51 bits per heavy atom. The molecule has 0 unspecified atom stereocenters. The summed E-state index contributed by atoms with van der Waals surface area (Å²) in [5.41, 5.74) is 0. The number of oxime groups is 1. The van der Waals surface area contributed by atoms with E-state index in [0.717, 1.165) is 20.1 Å². The maximum atomic E-state index is 12.9. The molecule has 0 aromatic rings. The van der Waals surface area contributed by atoms with Gasteiger partial charge in [-0.1, -0.05) is 5.16 Å².